The highest BCUT2D eigenvalue weighted by molar-refractivity contribution is 5.81. The molecule has 1 amide bonds. The Kier molecular flexibility index (Phi) is 2.26. The molecular formula is C9H10NO. The molecule has 1 rings (SSSR count). The third kappa shape index (κ3) is 1.80. The van der Waals surface area contributed by atoms with Gasteiger partial charge in [-0.1, -0.05) is 24.3 Å². The van der Waals surface area contributed by atoms with Crippen molar-refractivity contribution in [2.75, 3.05) is 0 Å². The van der Waals surface area contributed by atoms with Crippen LogP contribution in [0.15, 0.2) is 24.3 Å². The first kappa shape index (κ1) is 7.79. The van der Waals surface area contributed by atoms with Gasteiger partial charge in [0.2, 0.25) is 5.91 Å². The summed E-state index contributed by atoms with van der Waals surface area (Å²) in [7, 11) is 0. The normalized spacial score (nSPS) is 12.5. The Hall–Kier alpha value is -1.31. The van der Waals surface area contributed by atoms with Gasteiger partial charge in [0.1, 0.15) is 0 Å². The molecule has 0 fully saturated rings. The van der Waals surface area contributed by atoms with E-state index in [-0.39, 0.29) is 11.8 Å². The molecule has 2 N–H and O–H groups in total. The highest BCUT2D eigenvalue weighted by atomic mass is 16.1. The summed E-state index contributed by atoms with van der Waals surface area (Å²) in [5, 5.41) is 0. The Morgan fingerprint density at radius 3 is 2.55 bits per heavy atom. The first-order chi connectivity index (χ1) is 5.22. The number of primary amides is 1. The summed E-state index contributed by atoms with van der Waals surface area (Å²) in [6.07, 6.45) is 0. The lowest BCUT2D eigenvalue weighted by molar-refractivity contribution is -0.119. The number of benzene rings is 1. The van der Waals surface area contributed by atoms with Gasteiger partial charge in [0.25, 0.3) is 0 Å². The zero-order valence-corrected chi connectivity index (χ0v) is 6.37. The Balaban J connectivity index is 2.85. The predicted octanol–water partition coefficient (Wildman–Crippen LogP) is 1.08. The molecule has 57 valence electrons. The Morgan fingerprint density at radius 1 is 1.55 bits per heavy atom. The molecule has 1 atom stereocenters. The fourth-order valence-electron chi connectivity index (χ4n) is 0.853. The maximum atomic E-state index is 10.7. The average molecular weight is 148 g/mol. The van der Waals surface area contributed by atoms with Crippen LogP contribution in [-0.4, -0.2) is 5.91 Å². The summed E-state index contributed by atoms with van der Waals surface area (Å²) in [6.45, 7) is 1.79. The largest absolute Gasteiger partial charge is 0.369 e. The SMILES string of the molecule is CC(C(N)=O)c1cc[c]cc1. The molecule has 2 heteroatoms. The zero-order valence-electron chi connectivity index (χ0n) is 6.37. The molecule has 0 saturated heterocycles. The molecular weight excluding hydrogens is 138 g/mol. The van der Waals surface area contributed by atoms with E-state index in [0.717, 1.165) is 5.56 Å². The van der Waals surface area contributed by atoms with E-state index in [1.165, 1.54) is 0 Å². The van der Waals surface area contributed by atoms with Crippen LogP contribution in [0.3, 0.4) is 0 Å². The van der Waals surface area contributed by atoms with Crippen molar-refractivity contribution in [1.29, 1.82) is 0 Å². The third-order valence-electron chi connectivity index (χ3n) is 1.67. The van der Waals surface area contributed by atoms with E-state index in [2.05, 4.69) is 6.07 Å². The predicted molar refractivity (Wildman–Crippen MR) is 42.9 cm³/mol. The van der Waals surface area contributed by atoms with Crippen LogP contribution < -0.4 is 5.73 Å². The number of amides is 1. The van der Waals surface area contributed by atoms with Crippen molar-refractivity contribution in [1.82, 2.24) is 0 Å². The zero-order chi connectivity index (χ0) is 8.27. The number of carbonyl (C=O) groups is 1. The summed E-state index contributed by atoms with van der Waals surface area (Å²) in [5.74, 6) is -0.499. The van der Waals surface area contributed by atoms with Crippen molar-refractivity contribution in [2.45, 2.75) is 12.8 Å². The Bertz CT molecular complexity index is 243. The second-order valence-corrected chi connectivity index (χ2v) is 2.46. The molecule has 0 heterocycles. The van der Waals surface area contributed by atoms with E-state index in [1.54, 1.807) is 19.1 Å². The second kappa shape index (κ2) is 3.19. The van der Waals surface area contributed by atoms with Crippen LogP contribution >= 0.6 is 0 Å². The van der Waals surface area contributed by atoms with Crippen molar-refractivity contribution < 1.29 is 4.79 Å². The van der Waals surface area contributed by atoms with Gasteiger partial charge in [-0.25, -0.2) is 0 Å². The molecule has 0 bridgehead atoms. The van der Waals surface area contributed by atoms with E-state index in [1.807, 2.05) is 12.1 Å². The fourth-order valence-corrected chi connectivity index (χ4v) is 0.853. The van der Waals surface area contributed by atoms with Crippen molar-refractivity contribution in [2.24, 2.45) is 5.73 Å². The van der Waals surface area contributed by atoms with Gasteiger partial charge in [0.05, 0.1) is 5.92 Å². The number of carbonyl (C=O) groups excluding carboxylic acids is 1. The van der Waals surface area contributed by atoms with Gasteiger partial charge < -0.3 is 5.73 Å². The third-order valence-corrected chi connectivity index (χ3v) is 1.67. The molecule has 1 unspecified atom stereocenters. The van der Waals surface area contributed by atoms with E-state index in [4.69, 9.17) is 5.73 Å². The first-order valence-corrected chi connectivity index (χ1v) is 3.47. The van der Waals surface area contributed by atoms with Crippen LogP contribution in [0, 0.1) is 6.07 Å². The summed E-state index contributed by atoms with van der Waals surface area (Å²) in [5.41, 5.74) is 6.06. The average Bonchev–Trinajstić information content (AvgIpc) is 2.05. The molecule has 1 radical (unpaired) electrons. The molecule has 0 aromatic heterocycles. The summed E-state index contributed by atoms with van der Waals surface area (Å²) >= 11 is 0. The molecule has 1 aromatic rings. The Morgan fingerprint density at radius 2 is 2.09 bits per heavy atom. The van der Waals surface area contributed by atoms with Crippen molar-refractivity contribution in [3.63, 3.8) is 0 Å². The van der Waals surface area contributed by atoms with E-state index >= 15 is 0 Å². The van der Waals surface area contributed by atoms with Gasteiger partial charge >= 0.3 is 0 Å². The topological polar surface area (TPSA) is 43.1 Å². The van der Waals surface area contributed by atoms with Gasteiger partial charge in [0, 0.05) is 0 Å². The molecule has 0 aliphatic heterocycles. The highest BCUT2D eigenvalue weighted by Crippen LogP contribution is 2.12. The van der Waals surface area contributed by atoms with Crippen LogP contribution in [0.2, 0.25) is 0 Å². The minimum atomic E-state index is -0.295. The van der Waals surface area contributed by atoms with Gasteiger partial charge in [-0.3, -0.25) is 4.79 Å². The van der Waals surface area contributed by atoms with Crippen molar-refractivity contribution in [3.8, 4) is 0 Å². The van der Waals surface area contributed by atoms with Crippen LogP contribution in [0.1, 0.15) is 18.4 Å². The fraction of sp³-hybridized carbons (Fsp3) is 0.222. The molecule has 1 aromatic carbocycles. The maximum Gasteiger partial charge on any atom is 0.224 e. The lowest BCUT2D eigenvalue weighted by Gasteiger charge is -2.05. The van der Waals surface area contributed by atoms with Gasteiger partial charge in [-0.05, 0) is 18.6 Å². The lowest BCUT2D eigenvalue weighted by atomic mass is 10.0. The number of hydrogen-bond acceptors (Lipinski definition) is 1. The van der Waals surface area contributed by atoms with Crippen LogP contribution in [0.4, 0.5) is 0 Å². The summed E-state index contributed by atoms with van der Waals surface area (Å²) in [4.78, 5) is 10.7. The monoisotopic (exact) mass is 148 g/mol. The minimum Gasteiger partial charge on any atom is -0.369 e. The minimum absolute atomic E-state index is 0.204. The molecule has 0 spiro atoms. The van der Waals surface area contributed by atoms with Crippen molar-refractivity contribution >= 4 is 5.91 Å². The van der Waals surface area contributed by atoms with Crippen LogP contribution in [-0.2, 0) is 4.79 Å². The van der Waals surface area contributed by atoms with E-state index in [0.29, 0.717) is 0 Å². The summed E-state index contributed by atoms with van der Waals surface area (Å²) < 4.78 is 0. The molecule has 0 aliphatic rings. The van der Waals surface area contributed by atoms with Gasteiger partial charge in [-0.2, -0.15) is 0 Å². The quantitative estimate of drug-likeness (QED) is 0.670. The number of hydrogen-bond donors (Lipinski definition) is 1. The second-order valence-electron chi connectivity index (χ2n) is 2.46. The van der Waals surface area contributed by atoms with Crippen LogP contribution in [0.5, 0.6) is 0 Å². The van der Waals surface area contributed by atoms with Crippen LogP contribution in [0.25, 0.3) is 0 Å². The summed E-state index contributed by atoms with van der Waals surface area (Å²) in [6, 6.07) is 10.1. The van der Waals surface area contributed by atoms with Gasteiger partial charge in [0.15, 0.2) is 0 Å². The molecule has 0 aliphatic carbocycles. The smallest absolute Gasteiger partial charge is 0.224 e. The first-order valence-electron chi connectivity index (χ1n) is 3.47. The molecule has 2 nitrogen and oxygen atoms in total. The maximum absolute atomic E-state index is 10.7. The van der Waals surface area contributed by atoms with E-state index < -0.39 is 0 Å². The molecule has 11 heavy (non-hydrogen) atoms. The van der Waals surface area contributed by atoms with Crippen molar-refractivity contribution in [3.05, 3.63) is 35.9 Å². The Labute approximate surface area is 66.0 Å². The number of rotatable bonds is 2. The number of nitrogens with two attached hydrogens (primary N) is 1. The van der Waals surface area contributed by atoms with E-state index in [9.17, 15) is 4.79 Å². The highest BCUT2D eigenvalue weighted by Gasteiger charge is 2.09. The lowest BCUT2D eigenvalue weighted by Crippen LogP contribution is -2.18. The van der Waals surface area contributed by atoms with Gasteiger partial charge in [-0.15, -0.1) is 0 Å². The molecule has 0 saturated carbocycles. The standard InChI is InChI=1S/C9H10NO/c1-7(9(10)11)8-5-3-2-4-6-8/h3-7H,1H3,(H2,10,11).